The van der Waals surface area contributed by atoms with E-state index in [9.17, 15) is 0 Å². The molecule has 0 saturated heterocycles. The Morgan fingerprint density at radius 2 is 1.36 bits per heavy atom. The van der Waals surface area contributed by atoms with E-state index in [1.54, 1.807) is 0 Å². The zero-order valence-corrected chi connectivity index (χ0v) is 10.2. The van der Waals surface area contributed by atoms with Gasteiger partial charge in [0.2, 0.25) is 0 Å². The smallest absolute Gasteiger partial charge is 0.0195 e. The van der Waals surface area contributed by atoms with Crippen molar-refractivity contribution < 1.29 is 0 Å². The van der Waals surface area contributed by atoms with Gasteiger partial charge in [-0.3, -0.25) is 0 Å². The number of hydrogen-bond acceptors (Lipinski definition) is 1. The molecule has 1 aromatic rings. The first-order valence-electron chi connectivity index (χ1n) is 4.49. The minimum absolute atomic E-state index is 0. The van der Waals surface area contributed by atoms with Crippen LogP contribution in [-0.2, 0) is 0 Å². The molecule has 0 spiro atoms. The summed E-state index contributed by atoms with van der Waals surface area (Å²) >= 11 is 0. The second-order valence-corrected chi connectivity index (χ2v) is 2.99. The van der Waals surface area contributed by atoms with E-state index in [1.165, 1.54) is 23.8 Å². The van der Waals surface area contributed by atoms with Crippen molar-refractivity contribution in [2.45, 2.75) is 20.8 Å². The standard InChI is InChI=1S/C11H14.CH5N.ClH/c1-9(2)10(3)11-7-5-4-6-8-11;1-2;/h4-8H,1-3H3;2H2,1H3;1H. The highest BCUT2D eigenvalue weighted by atomic mass is 35.5. The first-order chi connectivity index (χ1) is 6.22. The summed E-state index contributed by atoms with van der Waals surface area (Å²) in [6.07, 6.45) is 0. The van der Waals surface area contributed by atoms with Gasteiger partial charge in [-0.25, -0.2) is 0 Å². The average molecular weight is 214 g/mol. The summed E-state index contributed by atoms with van der Waals surface area (Å²) in [6.45, 7) is 6.44. The summed E-state index contributed by atoms with van der Waals surface area (Å²) in [6, 6.07) is 10.5. The minimum atomic E-state index is 0. The lowest BCUT2D eigenvalue weighted by Gasteiger charge is -2.02. The van der Waals surface area contributed by atoms with Gasteiger partial charge in [-0.05, 0) is 39.0 Å². The van der Waals surface area contributed by atoms with E-state index in [2.05, 4.69) is 50.8 Å². The quantitative estimate of drug-likeness (QED) is 0.760. The highest BCUT2D eigenvalue weighted by molar-refractivity contribution is 5.85. The summed E-state index contributed by atoms with van der Waals surface area (Å²) in [7, 11) is 1.50. The average Bonchev–Trinajstić information content (AvgIpc) is 2.21. The van der Waals surface area contributed by atoms with Crippen LogP contribution in [0.25, 0.3) is 5.57 Å². The van der Waals surface area contributed by atoms with Gasteiger partial charge in [0.15, 0.2) is 0 Å². The molecule has 2 heteroatoms. The predicted octanol–water partition coefficient (Wildman–Crippen LogP) is 3.50. The third kappa shape index (κ3) is 5.05. The Balaban J connectivity index is 0. The Morgan fingerprint density at radius 3 is 1.71 bits per heavy atom. The molecule has 2 N–H and O–H groups in total. The van der Waals surface area contributed by atoms with Gasteiger partial charge in [-0.2, -0.15) is 0 Å². The molecule has 0 amide bonds. The Morgan fingerprint density at radius 1 is 0.929 bits per heavy atom. The maximum absolute atomic E-state index is 4.50. The largest absolute Gasteiger partial charge is 0.333 e. The van der Waals surface area contributed by atoms with Crippen LogP contribution >= 0.6 is 12.4 Å². The summed E-state index contributed by atoms with van der Waals surface area (Å²) in [5, 5.41) is 0. The summed E-state index contributed by atoms with van der Waals surface area (Å²) < 4.78 is 0. The first-order valence-corrected chi connectivity index (χ1v) is 4.49. The topological polar surface area (TPSA) is 26.0 Å². The fraction of sp³-hybridized carbons (Fsp3) is 0.333. The van der Waals surface area contributed by atoms with Crippen molar-refractivity contribution >= 4 is 18.0 Å². The van der Waals surface area contributed by atoms with Crippen molar-refractivity contribution in [3.05, 3.63) is 41.5 Å². The first kappa shape index (κ1) is 15.7. The van der Waals surface area contributed by atoms with Crippen molar-refractivity contribution in [3.63, 3.8) is 0 Å². The number of rotatable bonds is 1. The van der Waals surface area contributed by atoms with Gasteiger partial charge in [0.25, 0.3) is 0 Å². The molecule has 0 atom stereocenters. The fourth-order valence-electron chi connectivity index (χ4n) is 0.977. The van der Waals surface area contributed by atoms with Gasteiger partial charge in [-0.1, -0.05) is 35.9 Å². The molecular formula is C12H20ClN. The zero-order chi connectivity index (χ0) is 10.3. The van der Waals surface area contributed by atoms with Crippen LogP contribution in [0.2, 0.25) is 0 Å². The molecule has 0 heterocycles. The molecular weight excluding hydrogens is 194 g/mol. The maximum Gasteiger partial charge on any atom is -0.0195 e. The van der Waals surface area contributed by atoms with Crippen LogP contribution in [0.5, 0.6) is 0 Å². The molecule has 0 unspecified atom stereocenters. The Bertz CT molecular complexity index is 261. The molecule has 0 aliphatic carbocycles. The highest BCUT2D eigenvalue weighted by Gasteiger charge is 1.93. The molecule has 14 heavy (non-hydrogen) atoms. The van der Waals surface area contributed by atoms with Crippen LogP contribution in [0.4, 0.5) is 0 Å². The molecule has 0 aromatic heterocycles. The summed E-state index contributed by atoms with van der Waals surface area (Å²) in [4.78, 5) is 0. The second kappa shape index (κ2) is 8.79. The number of hydrogen-bond donors (Lipinski definition) is 1. The van der Waals surface area contributed by atoms with Gasteiger partial charge in [0, 0.05) is 0 Å². The van der Waals surface area contributed by atoms with Crippen LogP contribution < -0.4 is 5.73 Å². The highest BCUT2D eigenvalue weighted by Crippen LogP contribution is 2.16. The normalized spacial score (nSPS) is 7.79. The molecule has 1 aromatic carbocycles. The minimum Gasteiger partial charge on any atom is -0.333 e. The fourth-order valence-corrected chi connectivity index (χ4v) is 0.977. The number of halogens is 1. The van der Waals surface area contributed by atoms with Gasteiger partial charge >= 0.3 is 0 Å². The van der Waals surface area contributed by atoms with Gasteiger partial charge in [0.05, 0.1) is 0 Å². The van der Waals surface area contributed by atoms with Crippen molar-refractivity contribution in [2.24, 2.45) is 5.73 Å². The van der Waals surface area contributed by atoms with Crippen LogP contribution in [0, 0.1) is 0 Å². The number of nitrogens with two attached hydrogens (primary N) is 1. The van der Waals surface area contributed by atoms with Crippen LogP contribution in [0.3, 0.4) is 0 Å². The summed E-state index contributed by atoms with van der Waals surface area (Å²) in [5.74, 6) is 0. The monoisotopic (exact) mass is 213 g/mol. The van der Waals surface area contributed by atoms with Crippen molar-refractivity contribution in [3.8, 4) is 0 Å². The van der Waals surface area contributed by atoms with Crippen LogP contribution in [0.1, 0.15) is 26.3 Å². The molecule has 0 radical (unpaired) electrons. The lowest BCUT2D eigenvalue weighted by atomic mass is 10.0. The maximum atomic E-state index is 4.50. The van der Waals surface area contributed by atoms with E-state index in [0.29, 0.717) is 0 Å². The third-order valence-electron chi connectivity index (χ3n) is 1.96. The molecule has 0 aliphatic rings. The molecule has 0 saturated carbocycles. The van der Waals surface area contributed by atoms with Gasteiger partial charge < -0.3 is 5.73 Å². The van der Waals surface area contributed by atoms with Crippen LogP contribution in [-0.4, -0.2) is 7.05 Å². The Labute approximate surface area is 93.4 Å². The van der Waals surface area contributed by atoms with Crippen molar-refractivity contribution in [1.82, 2.24) is 0 Å². The molecule has 80 valence electrons. The van der Waals surface area contributed by atoms with Crippen molar-refractivity contribution in [2.75, 3.05) is 7.05 Å². The predicted molar refractivity (Wildman–Crippen MR) is 67.7 cm³/mol. The molecule has 0 fully saturated rings. The Kier molecular flexibility index (Phi) is 9.84. The van der Waals surface area contributed by atoms with Crippen molar-refractivity contribution in [1.29, 1.82) is 0 Å². The number of benzene rings is 1. The van der Waals surface area contributed by atoms with Gasteiger partial charge in [-0.15, -0.1) is 12.4 Å². The van der Waals surface area contributed by atoms with E-state index in [0.717, 1.165) is 0 Å². The van der Waals surface area contributed by atoms with E-state index in [-0.39, 0.29) is 12.4 Å². The molecule has 1 nitrogen and oxygen atoms in total. The molecule has 1 rings (SSSR count). The SMILES string of the molecule is CC(C)=C(C)c1ccccc1.CN.Cl. The third-order valence-corrected chi connectivity index (χ3v) is 1.96. The number of allylic oxidation sites excluding steroid dienone is 2. The second-order valence-electron chi connectivity index (χ2n) is 2.99. The Hall–Kier alpha value is -0.790. The van der Waals surface area contributed by atoms with E-state index in [1.807, 2.05) is 6.07 Å². The van der Waals surface area contributed by atoms with E-state index in [4.69, 9.17) is 0 Å². The molecule has 0 bridgehead atoms. The van der Waals surface area contributed by atoms with E-state index >= 15 is 0 Å². The lowest BCUT2D eigenvalue weighted by molar-refractivity contribution is 1.36. The lowest BCUT2D eigenvalue weighted by Crippen LogP contribution is -1.79. The van der Waals surface area contributed by atoms with Crippen LogP contribution in [0.15, 0.2) is 35.9 Å². The van der Waals surface area contributed by atoms with Gasteiger partial charge in [0.1, 0.15) is 0 Å². The summed E-state index contributed by atoms with van der Waals surface area (Å²) in [5.41, 5.74) is 8.59. The van der Waals surface area contributed by atoms with E-state index < -0.39 is 0 Å². The molecule has 0 aliphatic heterocycles. The zero-order valence-electron chi connectivity index (χ0n) is 9.37.